The number of hydrogen-bond acceptors (Lipinski definition) is 4. The monoisotopic (exact) mass is 385 g/mol. The van der Waals surface area contributed by atoms with Gasteiger partial charge in [-0.05, 0) is 36.2 Å². The Morgan fingerprint density at radius 1 is 1.11 bits per heavy atom. The van der Waals surface area contributed by atoms with Crippen LogP contribution in [-0.2, 0) is 6.42 Å². The Labute approximate surface area is 158 Å². The van der Waals surface area contributed by atoms with E-state index in [1.807, 2.05) is 0 Å². The maximum Gasteiger partial charge on any atom is 0.404 e. The second kappa shape index (κ2) is 7.47. The Balaban J connectivity index is 1.81. The maximum atomic E-state index is 14.0. The van der Waals surface area contributed by atoms with E-state index in [4.69, 9.17) is 10.8 Å². The highest BCUT2D eigenvalue weighted by atomic mass is 19.1. The highest BCUT2D eigenvalue weighted by Crippen LogP contribution is 2.23. The lowest BCUT2D eigenvalue weighted by molar-refractivity contribution is 0.0635. The van der Waals surface area contributed by atoms with Crippen molar-refractivity contribution in [3.63, 3.8) is 0 Å². The summed E-state index contributed by atoms with van der Waals surface area (Å²) in [6, 6.07) is 9.12. The molecule has 0 bridgehead atoms. The number of carboxylic acid groups (broad SMARTS) is 1. The average molecular weight is 385 g/mol. The minimum absolute atomic E-state index is 0.00430. The summed E-state index contributed by atoms with van der Waals surface area (Å²) < 4.78 is 14.0. The van der Waals surface area contributed by atoms with Gasteiger partial charge >= 0.3 is 6.09 Å². The third kappa shape index (κ3) is 3.68. The van der Waals surface area contributed by atoms with Crippen molar-refractivity contribution in [3.05, 3.63) is 70.5 Å². The fraction of sp³-hybridized carbons (Fsp3) is 0.158. The molecule has 0 aliphatic carbocycles. The molecule has 4 amide bonds. The molecule has 28 heavy (non-hydrogen) atoms. The van der Waals surface area contributed by atoms with Gasteiger partial charge in [0.15, 0.2) is 0 Å². The summed E-state index contributed by atoms with van der Waals surface area (Å²) >= 11 is 0. The fourth-order valence-corrected chi connectivity index (χ4v) is 3.13. The van der Waals surface area contributed by atoms with Crippen LogP contribution in [0, 0.1) is 5.82 Å². The third-order valence-electron chi connectivity index (χ3n) is 4.39. The zero-order valence-corrected chi connectivity index (χ0v) is 14.5. The van der Waals surface area contributed by atoms with Gasteiger partial charge in [0, 0.05) is 0 Å². The van der Waals surface area contributed by atoms with Crippen molar-refractivity contribution < 1.29 is 28.7 Å². The number of nitrogens with one attached hydrogen (secondary N) is 1. The van der Waals surface area contributed by atoms with Crippen LogP contribution in [0.1, 0.15) is 36.6 Å². The van der Waals surface area contributed by atoms with E-state index in [1.165, 1.54) is 24.3 Å². The first-order valence-electron chi connectivity index (χ1n) is 8.31. The van der Waals surface area contributed by atoms with Crippen molar-refractivity contribution in [1.82, 2.24) is 10.2 Å². The molecule has 8 nitrogen and oxygen atoms in total. The van der Waals surface area contributed by atoms with E-state index in [0.717, 1.165) is 11.0 Å². The number of carbonyl (C=O) groups excluding carboxylic acids is 3. The van der Waals surface area contributed by atoms with Crippen LogP contribution in [-0.4, -0.2) is 46.4 Å². The summed E-state index contributed by atoms with van der Waals surface area (Å²) in [7, 11) is 0. The van der Waals surface area contributed by atoms with E-state index >= 15 is 0 Å². The SMILES string of the molecule is NC(=O)c1ccc(C[C@@H](CN2C(=O)c3ccccc3C2=O)NC(=O)O)cc1F. The number of fused-ring (bicyclic) bond motifs is 1. The molecule has 1 atom stereocenters. The van der Waals surface area contributed by atoms with Gasteiger partial charge < -0.3 is 16.2 Å². The number of rotatable bonds is 6. The first-order valence-corrected chi connectivity index (χ1v) is 8.31. The molecule has 0 saturated heterocycles. The molecule has 1 aliphatic rings. The molecular formula is C19H16FN3O5. The van der Waals surface area contributed by atoms with E-state index in [0.29, 0.717) is 5.56 Å². The molecule has 3 rings (SSSR count). The quantitative estimate of drug-likeness (QED) is 0.647. The van der Waals surface area contributed by atoms with Crippen molar-refractivity contribution in [1.29, 1.82) is 0 Å². The molecule has 1 aliphatic heterocycles. The molecule has 2 aromatic carbocycles. The third-order valence-corrected chi connectivity index (χ3v) is 4.39. The smallest absolute Gasteiger partial charge is 0.404 e. The molecule has 0 saturated carbocycles. The van der Waals surface area contributed by atoms with Crippen LogP contribution < -0.4 is 11.1 Å². The standard InChI is InChI=1S/C19H16FN3O5/c20-15-8-10(5-6-14(15)16(21)24)7-11(22-19(27)28)9-23-17(25)12-3-1-2-4-13(12)18(23)26/h1-6,8,11,22H,7,9H2,(H2,21,24)(H,27,28)/t11-/m0/s1. The summed E-state index contributed by atoms with van der Waals surface area (Å²) in [6.07, 6.45) is -1.36. The Hall–Kier alpha value is -3.75. The van der Waals surface area contributed by atoms with Gasteiger partial charge in [-0.25, -0.2) is 9.18 Å². The second-order valence-electron chi connectivity index (χ2n) is 6.30. The van der Waals surface area contributed by atoms with Crippen molar-refractivity contribution in [2.45, 2.75) is 12.5 Å². The van der Waals surface area contributed by atoms with E-state index in [-0.39, 0.29) is 29.7 Å². The number of halogens is 1. The molecule has 0 radical (unpaired) electrons. The number of benzene rings is 2. The van der Waals surface area contributed by atoms with Crippen LogP contribution in [0.4, 0.5) is 9.18 Å². The lowest BCUT2D eigenvalue weighted by atomic mass is 10.0. The van der Waals surface area contributed by atoms with Crippen molar-refractivity contribution in [2.24, 2.45) is 5.73 Å². The first-order chi connectivity index (χ1) is 13.3. The molecule has 0 aromatic heterocycles. The number of primary amides is 1. The van der Waals surface area contributed by atoms with Gasteiger partial charge in [-0.3, -0.25) is 19.3 Å². The molecular weight excluding hydrogens is 369 g/mol. The molecule has 1 heterocycles. The molecule has 2 aromatic rings. The van der Waals surface area contributed by atoms with Crippen molar-refractivity contribution in [3.8, 4) is 0 Å². The highest BCUT2D eigenvalue weighted by Gasteiger charge is 2.36. The summed E-state index contributed by atoms with van der Waals surface area (Å²) in [5.41, 5.74) is 5.65. The summed E-state index contributed by atoms with van der Waals surface area (Å²) in [4.78, 5) is 48.2. The topological polar surface area (TPSA) is 130 Å². The van der Waals surface area contributed by atoms with E-state index in [1.54, 1.807) is 12.1 Å². The molecule has 4 N–H and O–H groups in total. The van der Waals surface area contributed by atoms with E-state index in [9.17, 15) is 23.6 Å². The predicted octanol–water partition coefficient (Wildman–Crippen LogP) is 1.40. The summed E-state index contributed by atoms with van der Waals surface area (Å²) in [5, 5.41) is 11.3. The largest absolute Gasteiger partial charge is 0.465 e. The van der Waals surface area contributed by atoms with Crippen LogP contribution >= 0.6 is 0 Å². The molecule has 9 heteroatoms. The Morgan fingerprint density at radius 2 is 1.71 bits per heavy atom. The molecule has 0 unspecified atom stereocenters. The Kier molecular flexibility index (Phi) is 5.08. The van der Waals surface area contributed by atoms with E-state index < -0.39 is 35.7 Å². The minimum Gasteiger partial charge on any atom is -0.465 e. The van der Waals surface area contributed by atoms with Crippen LogP contribution in [0.15, 0.2) is 42.5 Å². The minimum atomic E-state index is -1.35. The van der Waals surface area contributed by atoms with Gasteiger partial charge in [-0.15, -0.1) is 0 Å². The lowest BCUT2D eigenvalue weighted by Gasteiger charge is -2.22. The number of nitrogens with two attached hydrogens (primary N) is 1. The van der Waals surface area contributed by atoms with Crippen molar-refractivity contribution >= 4 is 23.8 Å². The second-order valence-corrected chi connectivity index (χ2v) is 6.30. The number of carbonyl (C=O) groups is 4. The van der Waals surface area contributed by atoms with Crippen LogP contribution in [0.25, 0.3) is 0 Å². The van der Waals surface area contributed by atoms with Gasteiger partial charge in [-0.1, -0.05) is 18.2 Å². The van der Waals surface area contributed by atoms with Crippen LogP contribution in [0.2, 0.25) is 0 Å². The van der Waals surface area contributed by atoms with Crippen LogP contribution in [0.3, 0.4) is 0 Å². The highest BCUT2D eigenvalue weighted by molar-refractivity contribution is 6.21. The van der Waals surface area contributed by atoms with Crippen molar-refractivity contribution in [2.75, 3.05) is 6.54 Å². The zero-order valence-electron chi connectivity index (χ0n) is 14.5. The summed E-state index contributed by atoms with van der Waals surface area (Å²) in [5.74, 6) is -2.80. The van der Waals surface area contributed by atoms with Crippen LogP contribution in [0.5, 0.6) is 0 Å². The van der Waals surface area contributed by atoms with Gasteiger partial charge in [0.25, 0.3) is 17.7 Å². The number of nitrogens with zero attached hydrogens (tertiary/aromatic N) is 1. The lowest BCUT2D eigenvalue weighted by Crippen LogP contribution is -2.46. The van der Waals surface area contributed by atoms with Gasteiger partial charge in [-0.2, -0.15) is 0 Å². The number of amides is 4. The zero-order chi connectivity index (χ0) is 20.4. The van der Waals surface area contributed by atoms with Gasteiger partial charge in [0.2, 0.25) is 0 Å². The predicted molar refractivity (Wildman–Crippen MR) is 95.4 cm³/mol. The molecule has 0 spiro atoms. The fourth-order valence-electron chi connectivity index (χ4n) is 3.13. The normalized spacial score (nSPS) is 14.0. The number of hydrogen-bond donors (Lipinski definition) is 3. The van der Waals surface area contributed by atoms with Gasteiger partial charge in [0.05, 0.1) is 29.3 Å². The van der Waals surface area contributed by atoms with E-state index in [2.05, 4.69) is 5.32 Å². The average Bonchev–Trinajstić information content (AvgIpc) is 2.86. The Morgan fingerprint density at radius 3 is 2.21 bits per heavy atom. The van der Waals surface area contributed by atoms with Gasteiger partial charge in [0.1, 0.15) is 5.82 Å². The number of imide groups is 1. The molecule has 144 valence electrons. The molecule has 0 fully saturated rings. The summed E-state index contributed by atoms with van der Waals surface area (Å²) in [6.45, 7) is -0.224. The Bertz CT molecular complexity index is 956. The first kappa shape index (κ1) is 19.0. The maximum absolute atomic E-state index is 14.0.